The van der Waals surface area contributed by atoms with Crippen LogP contribution in [0, 0.1) is 20.1 Å². The second-order valence-electron chi connectivity index (χ2n) is 6.19. The van der Waals surface area contributed by atoms with Crippen molar-refractivity contribution in [2.24, 2.45) is 0 Å². The zero-order valence-corrected chi connectivity index (χ0v) is 14.2. The highest BCUT2D eigenvalue weighted by atomic mass is 16.3. The first-order chi connectivity index (χ1) is 12.1. The van der Waals surface area contributed by atoms with E-state index in [0.29, 0.717) is 11.6 Å². The Balaban J connectivity index is 2.08. The molecule has 0 radical (unpaired) electrons. The zero-order chi connectivity index (χ0) is 17.7. The second-order valence-corrected chi connectivity index (χ2v) is 6.19. The number of fused-ring (bicyclic) bond motifs is 3. The van der Waals surface area contributed by atoms with E-state index in [1.807, 2.05) is 61.0 Å². The van der Waals surface area contributed by atoms with Crippen LogP contribution in [0.25, 0.3) is 31.6 Å². The van der Waals surface area contributed by atoms with Gasteiger partial charge in [-0.05, 0) is 24.6 Å². The molecule has 0 aliphatic carbocycles. The maximum absolute atomic E-state index is 7.60. The first-order valence-electron chi connectivity index (χ1n) is 8.00. The predicted octanol–water partition coefficient (Wildman–Crippen LogP) is 4.96. The molecule has 122 valence electrons. The molecule has 0 N–H and O–H groups in total. The van der Waals surface area contributed by atoms with E-state index in [0.717, 1.165) is 33.2 Å². The maximum Gasteiger partial charge on any atom is 0.253 e. The number of aryl methyl sites for hydroxylation is 1. The lowest BCUT2D eigenvalue weighted by molar-refractivity contribution is 0.364. The van der Waals surface area contributed by atoms with Crippen molar-refractivity contribution in [3.05, 3.63) is 76.4 Å². The number of hydrogen-bond donors (Lipinski definition) is 0. The van der Waals surface area contributed by atoms with Gasteiger partial charge in [-0.2, -0.15) is 0 Å². The Morgan fingerprint density at radius 3 is 2.44 bits per heavy atom. The molecule has 0 fully saturated rings. The average molecular weight is 328 g/mol. The molecular weight excluding hydrogens is 312 g/mol. The highest BCUT2D eigenvalue weighted by Crippen LogP contribution is 2.43. The topological polar surface area (TPSA) is 28.3 Å². The Labute approximate surface area is 146 Å². The van der Waals surface area contributed by atoms with Crippen molar-refractivity contribution in [2.45, 2.75) is 20.0 Å². The van der Waals surface area contributed by atoms with Gasteiger partial charge in [0.15, 0.2) is 11.3 Å². The van der Waals surface area contributed by atoms with Crippen molar-refractivity contribution in [1.29, 1.82) is 0 Å². The molecule has 1 aliphatic rings. The Bertz CT molecular complexity index is 1130. The Kier molecular flexibility index (Phi) is 3.20. The van der Waals surface area contributed by atoms with Crippen molar-refractivity contribution in [2.75, 3.05) is 11.9 Å². The van der Waals surface area contributed by atoms with Crippen molar-refractivity contribution in [3.63, 3.8) is 0 Å². The highest BCUT2D eigenvalue weighted by Gasteiger charge is 2.41. The van der Waals surface area contributed by atoms with Gasteiger partial charge in [-0.1, -0.05) is 37.4 Å². The van der Waals surface area contributed by atoms with Crippen LogP contribution < -0.4 is 4.90 Å². The van der Waals surface area contributed by atoms with Crippen molar-refractivity contribution in [3.8, 4) is 0 Å². The molecular formula is C20H16N4O. The molecule has 0 bridgehead atoms. The summed E-state index contributed by atoms with van der Waals surface area (Å²) >= 11 is 0. The van der Waals surface area contributed by atoms with E-state index >= 15 is 0 Å². The van der Waals surface area contributed by atoms with E-state index in [2.05, 4.69) is 15.8 Å². The first kappa shape index (κ1) is 15.1. The van der Waals surface area contributed by atoms with Crippen LogP contribution in [0.5, 0.6) is 0 Å². The third-order valence-electron chi connectivity index (χ3n) is 4.87. The summed E-state index contributed by atoms with van der Waals surface area (Å²) in [6.45, 7) is 19.0. The monoisotopic (exact) mass is 328 g/mol. The van der Waals surface area contributed by atoms with E-state index in [9.17, 15) is 0 Å². The van der Waals surface area contributed by atoms with Gasteiger partial charge in [-0.15, -0.1) is 0 Å². The molecule has 0 saturated carbocycles. The van der Waals surface area contributed by atoms with Gasteiger partial charge in [-0.3, -0.25) is 4.90 Å². The molecule has 1 aliphatic heterocycles. The summed E-state index contributed by atoms with van der Waals surface area (Å²) in [6, 6.07) is 12.0. The van der Waals surface area contributed by atoms with Crippen LogP contribution >= 0.6 is 0 Å². The molecule has 2 heterocycles. The third-order valence-corrected chi connectivity index (χ3v) is 4.87. The zero-order valence-electron chi connectivity index (χ0n) is 14.2. The summed E-state index contributed by atoms with van der Waals surface area (Å²) in [5.41, 5.74) is 3.45. The average Bonchev–Trinajstić information content (AvgIpc) is 3.11. The summed E-state index contributed by atoms with van der Waals surface area (Å²) in [5.74, 6) is 0.719. The Morgan fingerprint density at radius 1 is 1.00 bits per heavy atom. The van der Waals surface area contributed by atoms with Crippen molar-refractivity contribution < 1.29 is 4.42 Å². The fraction of sp³-hybridized carbons (Fsp3) is 0.200. The number of para-hydroxylation sites is 1. The summed E-state index contributed by atoms with van der Waals surface area (Å²) in [5, 5.41) is 2.07. The van der Waals surface area contributed by atoms with Crippen LogP contribution in [0.15, 0.2) is 52.5 Å². The molecule has 3 aromatic rings. The predicted molar refractivity (Wildman–Crippen MR) is 98.4 cm³/mol. The molecule has 0 amide bonds. The normalized spacial score (nSPS) is 17.4. The van der Waals surface area contributed by atoms with E-state index < -0.39 is 0 Å². The molecule has 4 rings (SSSR count). The quantitative estimate of drug-likeness (QED) is 0.591. The number of benzene rings is 2. The smallest absolute Gasteiger partial charge is 0.253 e. The molecule has 0 spiro atoms. The van der Waals surface area contributed by atoms with Gasteiger partial charge in [0.25, 0.3) is 5.82 Å². The Hall–Kier alpha value is -3.44. The molecule has 5 nitrogen and oxygen atoms in total. The lowest BCUT2D eigenvalue weighted by atomic mass is 10.1. The second kappa shape index (κ2) is 5.29. The van der Waals surface area contributed by atoms with Gasteiger partial charge in [0, 0.05) is 17.7 Å². The van der Waals surface area contributed by atoms with Gasteiger partial charge >= 0.3 is 0 Å². The SMILES string of the molecule is [C-]#[N+]C1=C([N+]#[C-])N(c2c(C)ccc3c2oc2ccccc23)[C@@H](C)N1C. The molecule has 0 saturated heterocycles. The summed E-state index contributed by atoms with van der Waals surface area (Å²) < 4.78 is 6.16. The van der Waals surface area contributed by atoms with Crippen LogP contribution in [0.4, 0.5) is 5.69 Å². The van der Waals surface area contributed by atoms with Crippen LogP contribution in [-0.2, 0) is 0 Å². The number of furan rings is 1. The fourth-order valence-corrected chi connectivity index (χ4v) is 3.49. The van der Waals surface area contributed by atoms with Gasteiger partial charge in [0.05, 0.1) is 7.05 Å². The van der Waals surface area contributed by atoms with Crippen LogP contribution in [0.2, 0.25) is 0 Å². The molecule has 2 aromatic carbocycles. The number of nitrogens with zero attached hydrogens (tertiary/aromatic N) is 4. The lowest BCUT2D eigenvalue weighted by Crippen LogP contribution is -2.35. The van der Waals surface area contributed by atoms with Crippen LogP contribution in [-0.4, -0.2) is 18.1 Å². The van der Waals surface area contributed by atoms with Gasteiger partial charge in [-0.25, -0.2) is 0 Å². The van der Waals surface area contributed by atoms with E-state index in [1.54, 1.807) is 0 Å². The largest absolute Gasteiger partial charge is 0.452 e. The minimum absolute atomic E-state index is 0.134. The first-order valence-corrected chi connectivity index (χ1v) is 8.00. The van der Waals surface area contributed by atoms with Crippen molar-refractivity contribution in [1.82, 2.24) is 4.90 Å². The van der Waals surface area contributed by atoms with E-state index in [-0.39, 0.29) is 6.17 Å². The molecule has 5 heteroatoms. The van der Waals surface area contributed by atoms with Crippen LogP contribution in [0.3, 0.4) is 0 Å². The summed E-state index contributed by atoms with van der Waals surface area (Å²) in [4.78, 5) is 11.0. The van der Waals surface area contributed by atoms with E-state index in [1.165, 1.54) is 0 Å². The Morgan fingerprint density at radius 2 is 1.72 bits per heavy atom. The number of rotatable bonds is 1. The summed E-state index contributed by atoms with van der Waals surface area (Å²) in [7, 11) is 1.84. The lowest BCUT2D eigenvalue weighted by Gasteiger charge is -2.24. The number of anilines is 1. The van der Waals surface area contributed by atoms with Gasteiger partial charge in [0.1, 0.15) is 5.58 Å². The molecule has 0 unspecified atom stereocenters. The highest BCUT2D eigenvalue weighted by molar-refractivity contribution is 6.09. The maximum atomic E-state index is 7.60. The fourth-order valence-electron chi connectivity index (χ4n) is 3.49. The van der Waals surface area contributed by atoms with Crippen LogP contribution in [0.1, 0.15) is 12.5 Å². The van der Waals surface area contributed by atoms with E-state index in [4.69, 9.17) is 17.6 Å². The summed E-state index contributed by atoms with van der Waals surface area (Å²) in [6.07, 6.45) is -0.134. The van der Waals surface area contributed by atoms with Crippen molar-refractivity contribution >= 4 is 27.6 Å². The number of hydrogen-bond acceptors (Lipinski definition) is 3. The minimum Gasteiger partial charge on any atom is -0.452 e. The standard InChI is InChI=1S/C20H16N4O/c1-12-10-11-15-14-8-6-7-9-16(14)25-18(15)17(12)24-13(2)23(5)19(21-3)20(24)22-4/h6-11,13H,1-2,5H3/t13-/m0/s1. The molecule has 1 atom stereocenters. The molecule has 1 aromatic heterocycles. The molecule has 25 heavy (non-hydrogen) atoms. The van der Waals surface area contributed by atoms with Gasteiger partial charge < -0.3 is 19.0 Å². The minimum atomic E-state index is -0.134. The van der Waals surface area contributed by atoms with Gasteiger partial charge in [0.2, 0.25) is 12.0 Å². The third kappa shape index (κ3) is 1.93.